The molecule has 17 heavy (non-hydrogen) atoms. The van der Waals surface area contributed by atoms with E-state index in [1.807, 2.05) is 0 Å². The van der Waals surface area contributed by atoms with Crippen LogP contribution in [-0.4, -0.2) is 75.3 Å². The Bertz CT molecular complexity index is 147. The van der Waals surface area contributed by atoms with Gasteiger partial charge in [0.2, 0.25) is 0 Å². The van der Waals surface area contributed by atoms with E-state index >= 15 is 0 Å². The molecule has 0 bridgehead atoms. The van der Waals surface area contributed by atoms with Crippen molar-refractivity contribution in [1.82, 2.24) is 0 Å². The van der Waals surface area contributed by atoms with Crippen LogP contribution in [-0.2, 0) is 18.9 Å². The lowest BCUT2D eigenvalue weighted by Crippen LogP contribution is -2.18. The van der Waals surface area contributed by atoms with Gasteiger partial charge in [0.1, 0.15) is 0 Å². The van der Waals surface area contributed by atoms with Gasteiger partial charge >= 0.3 is 7.32 Å². The Morgan fingerprint density at radius 3 is 1.76 bits per heavy atom. The SMILES string of the molecule is OCCOCCOCCOCCCOB(O)O. The highest BCUT2D eigenvalue weighted by Crippen LogP contribution is 1.87. The average molecular weight is 252 g/mol. The normalized spacial score (nSPS) is 10.8. The van der Waals surface area contributed by atoms with Gasteiger partial charge in [0, 0.05) is 13.2 Å². The zero-order chi connectivity index (χ0) is 12.8. The highest BCUT2D eigenvalue weighted by Gasteiger charge is 2.06. The van der Waals surface area contributed by atoms with Gasteiger partial charge in [0.15, 0.2) is 0 Å². The van der Waals surface area contributed by atoms with E-state index in [4.69, 9.17) is 29.4 Å². The molecule has 0 atom stereocenters. The van der Waals surface area contributed by atoms with Crippen LogP contribution in [0.15, 0.2) is 0 Å². The minimum absolute atomic E-state index is 0.0215. The molecule has 102 valence electrons. The van der Waals surface area contributed by atoms with Crippen LogP contribution in [0.1, 0.15) is 6.42 Å². The van der Waals surface area contributed by atoms with Crippen molar-refractivity contribution >= 4 is 7.32 Å². The fraction of sp³-hybridized carbons (Fsp3) is 1.00. The number of rotatable bonds is 13. The molecule has 0 aromatic carbocycles. The zero-order valence-corrected chi connectivity index (χ0v) is 9.92. The summed E-state index contributed by atoms with van der Waals surface area (Å²) in [6.45, 7) is 2.97. The Morgan fingerprint density at radius 2 is 1.24 bits per heavy atom. The molecule has 8 heteroatoms. The zero-order valence-electron chi connectivity index (χ0n) is 9.92. The quantitative estimate of drug-likeness (QED) is 0.268. The fourth-order valence-electron chi connectivity index (χ4n) is 0.956. The van der Waals surface area contributed by atoms with Crippen LogP contribution in [0.2, 0.25) is 0 Å². The molecule has 0 radical (unpaired) electrons. The summed E-state index contributed by atoms with van der Waals surface area (Å²) in [5.74, 6) is 0. The summed E-state index contributed by atoms with van der Waals surface area (Å²) < 4.78 is 19.8. The smallest absolute Gasteiger partial charge is 0.402 e. The minimum atomic E-state index is -1.71. The van der Waals surface area contributed by atoms with Crippen LogP contribution in [0.5, 0.6) is 0 Å². The van der Waals surface area contributed by atoms with Crippen LogP contribution < -0.4 is 0 Å². The van der Waals surface area contributed by atoms with Crippen molar-refractivity contribution in [1.29, 1.82) is 0 Å². The van der Waals surface area contributed by atoms with Gasteiger partial charge in [-0.15, -0.1) is 0 Å². The Morgan fingerprint density at radius 1 is 0.706 bits per heavy atom. The van der Waals surface area contributed by atoms with Crippen LogP contribution >= 0.6 is 0 Å². The molecule has 0 heterocycles. The first-order valence-corrected chi connectivity index (χ1v) is 5.59. The lowest BCUT2D eigenvalue weighted by atomic mass is 10.2. The van der Waals surface area contributed by atoms with Crippen molar-refractivity contribution in [2.24, 2.45) is 0 Å². The third-order valence-electron chi connectivity index (χ3n) is 1.68. The van der Waals surface area contributed by atoms with E-state index < -0.39 is 7.32 Å². The van der Waals surface area contributed by atoms with E-state index in [0.717, 1.165) is 0 Å². The molecular weight excluding hydrogens is 231 g/mol. The van der Waals surface area contributed by atoms with Gasteiger partial charge in [-0.3, -0.25) is 0 Å². The molecule has 0 fully saturated rings. The summed E-state index contributed by atoms with van der Waals surface area (Å²) in [6.07, 6.45) is 0.594. The maximum absolute atomic E-state index is 8.42. The molecule has 0 aromatic heterocycles. The van der Waals surface area contributed by atoms with Crippen LogP contribution in [0.4, 0.5) is 0 Å². The van der Waals surface area contributed by atoms with Gasteiger partial charge in [-0.05, 0) is 6.42 Å². The molecule has 0 aliphatic rings. The van der Waals surface area contributed by atoms with Gasteiger partial charge in [-0.2, -0.15) is 0 Å². The van der Waals surface area contributed by atoms with Crippen LogP contribution in [0.3, 0.4) is 0 Å². The summed E-state index contributed by atoms with van der Waals surface area (Å²) in [4.78, 5) is 0. The second-order valence-electron chi connectivity index (χ2n) is 3.11. The first-order chi connectivity index (χ1) is 8.27. The number of hydrogen-bond donors (Lipinski definition) is 3. The highest BCUT2D eigenvalue weighted by molar-refractivity contribution is 6.32. The van der Waals surface area contributed by atoms with E-state index in [-0.39, 0.29) is 13.2 Å². The second kappa shape index (κ2) is 13.8. The van der Waals surface area contributed by atoms with Crippen molar-refractivity contribution in [3.8, 4) is 0 Å². The molecule has 0 aromatic rings. The Balaban J connectivity index is 2.89. The molecule has 0 saturated heterocycles. The topological polar surface area (TPSA) is 97.6 Å². The fourth-order valence-corrected chi connectivity index (χ4v) is 0.956. The lowest BCUT2D eigenvalue weighted by Gasteiger charge is -2.06. The first kappa shape index (κ1) is 16.8. The summed E-state index contributed by atoms with van der Waals surface area (Å²) >= 11 is 0. The van der Waals surface area contributed by atoms with E-state index in [9.17, 15) is 0 Å². The maximum Gasteiger partial charge on any atom is 0.633 e. The largest absolute Gasteiger partial charge is 0.633 e. The Hall–Kier alpha value is -0.215. The summed E-state index contributed by atoms with van der Waals surface area (Å²) in [7, 11) is -1.71. The van der Waals surface area contributed by atoms with E-state index in [2.05, 4.69) is 4.65 Å². The number of hydrogen-bond acceptors (Lipinski definition) is 7. The summed E-state index contributed by atoms with van der Waals surface area (Å²) in [6, 6.07) is 0. The molecule has 0 aliphatic carbocycles. The molecule has 7 nitrogen and oxygen atoms in total. The average Bonchev–Trinajstić information content (AvgIpc) is 2.30. The molecule has 0 unspecified atom stereocenters. The van der Waals surface area contributed by atoms with Crippen molar-refractivity contribution in [3.05, 3.63) is 0 Å². The minimum Gasteiger partial charge on any atom is -0.402 e. The van der Waals surface area contributed by atoms with Gasteiger partial charge < -0.3 is 34.0 Å². The molecule has 0 spiro atoms. The summed E-state index contributed by atoms with van der Waals surface area (Å²) in [5, 5.41) is 25.1. The third kappa shape index (κ3) is 15.8. The van der Waals surface area contributed by atoms with Gasteiger partial charge in [0.25, 0.3) is 0 Å². The van der Waals surface area contributed by atoms with Crippen molar-refractivity contribution in [2.45, 2.75) is 6.42 Å². The number of ether oxygens (including phenoxy) is 3. The monoisotopic (exact) mass is 252 g/mol. The Labute approximate surface area is 101 Å². The van der Waals surface area contributed by atoms with E-state index in [0.29, 0.717) is 46.1 Å². The van der Waals surface area contributed by atoms with Crippen molar-refractivity contribution in [2.75, 3.05) is 52.9 Å². The predicted octanol–water partition coefficient (Wildman–Crippen LogP) is -1.60. The standard InChI is InChI=1S/C9H21BO7/c11-2-5-15-7-9-16-8-6-14-3-1-4-17-10(12)13/h11-13H,1-9H2. The molecule has 0 saturated carbocycles. The molecule has 3 N–H and O–H groups in total. The molecule has 0 amide bonds. The maximum atomic E-state index is 8.42. The lowest BCUT2D eigenvalue weighted by molar-refractivity contribution is 0.00576. The van der Waals surface area contributed by atoms with Gasteiger partial charge in [0.05, 0.1) is 39.6 Å². The number of aliphatic hydroxyl groups is 1. The van der Waals surface area contributed by atoms with Gasteiger partial charge in [-0.1, -0.05) is 0 Å². The van der Waals surface area contributed by atoms with Crippen molar-refractivity contribution < 1.29 is 34.0 Å². The highest BCUT2D eigenvalue weighted by atomic mass is 16.6. The second-order valence-corrected chi connectivity index (χ2v) is 3.11. The van der Waals surface area contributed by atoms with Crippen LogP contribution in [0.25, 0.3) is 0 Å². The first-order valence-electron chi connectivity index (χ1n) is 5.59. The van der Waals surface area contributed by atoms with E-state index in [1.54, 1.807) is 0 Å². The van der Waals surface area contributed by atoms with Crippen molar-refractivity contribution in [3.63, 3.8) is 0 Å². The Kier molecular flexibility index (Phi) is 13.7. The number of aliphatic hydroxyl groups excluding tert-OH is 1. The summed E-state index contributed by atoms with van der Waals surface area (Å²) in [5.41, 5.74) is 0. The molecular formula is C9H21BO7. The van der Waals surface area contributed by atoms with E-state index in [1.165, 1.54) is 0 Å². The molecule has 0 aliphatic heterocycles. The van der Waals surface area contributed by atoms with Gasteiger partial charge in [-0.25, -0.2) is 0 Å². The molecule has 0 rings (SSSR count). The third-order valence-corrected chi connectivity index (χ3v) is 1.68. The predicted molar refractivity (Wildman–Crippen MR) is 60.3 cm³/mol. The van der Waals surface area contributed by atoms with Crippen LogP contribution in [0, 0.1) is 0 Å².